The molecule has 0 radical (unpaired) electrons. The summed E-state index contributed by atoms with van der Waals surface area (Å²) in [6, 6.07) is 11.2. The molecule has 1 unspecified atom stereocenters. The van der Waals surface area contributed by atoms with Gasteiger partial charge in [0.2, 0.25) is 0 Å². The lowest BCUT2D eigenvalue weighted by molar-refractivity contribution is -0.135. The van der Waals surface area contributed by atoms with Gasteiger partial charge in [0, 0.05) is 10.4 Å². The summed E-state index contributed by atoms with van der Waals surface area (Å²) in [5.41, 5.74) is -0.170. The molecule has 8 nitrogen and oxygen atoms in total. The molecule has 0 aliphatic carbocycles. The van der Waals surface area contributed by atoms with E-state index in [4.69, 9.17) is 21.4 Å². The van der Waals surface area contributed by atoms with Gasteiger partial charge in [0.1, 0.15) is 30.2 Å². The van der Waals surface area contributed by atoms with E-state index in [9.17, 15) is 19.5 Å². The fraction of sp³-hybridized carbons (Fsp3) is 0.150. The third-order valence-electron chi connectivity index (χ3n) is 4.75. The number of rotatable bonds is 4. The standard InChI is InChI=1S/C20H15ClN2O6/c21-11-6-4-10(5-7-11)13-9-29-14-3-1-2-12-17(14)23(13)20(28)16(18(12)26)19(27)22-8-15(24)25/h1-7,13,26H,8-9H2,(H,22,27)(H,24,25). The van der Waals surface area contributed by atoms with Crippen molar-refractivity contribution in [2.45, 2.75) is 6.04 Å². The Morgan fingerprint density at radius 1 is 1.21 bits per heavy atom. The average molecular weight is 415 g/mol. The number of ether oxygens (including phenoxy) is 1. The van der Waals surface area contributed by atoms with Gasteiger partial charge in [-0.25, -0.2) is 0 Å². The summed E-state index contributed by atoms with van der Waals surface area (Å²) < 4.78 is 7.20. The van der Waals surface area contributed by atoms with E-state index in [-0.39, 0.29) is 12.0 Å². The number of nitrogens with one attached hydrogen (secondary N) is 1. The van der Waals surface area contributed by atoms with E-state index in [0.717, 1.165) is 5.56 Å². The molecule has 29 heavy (non-hydrogen) atoms. The normalized spacial score (nSPS) is 15.0. The smallest absolute Gasteiger partial charge is 0.322 e. The molecular weight excluding hydrogens is 400 g/mol. The molecule has 0 fully saturated rings. The van der Waals surface area contributed by atoms with E-state index >= 15 is 0 Å². The minimum Gasteiger partial charge on any atom is -0.506 e. The SMILES string of the molecule is O=C(O)CNC(=O)c1c(O)c2cccc3c2n(c1=O)C(c1ccc(Cl)cc1)CO3. The first-order valence-electron chi connectivity index (χ1n) is 8.67. The minimum absolute atomic E-state index is 0.134. The third-order valence-corrected chi connectivity index (χ3v) is 5.01. The molecule has 0 bridgehead atoms. The van der Waals surface area contributed by atoms with Crippen LogP contribution in [0.15, 0.2) is 47.3 Å². The van der Waals surface area contributed by atoms with Gasteiger partial charge in [-0.2, -0.15) is 0 Å². The molecule has 1 amide bonds. The molecule has 1 atom stereocenters. The number of aliphatic carboxylic acids is 1. The summed E-state index contributed by atoms with van der Waals surface area (Å²) in [7, 11) is 0. The van der Waals surface area contributed by atoms with Crippen molar-refractivity contribution in [1.82, 2.24) is 9.88 Å². The average Bonchev–Trinajstić information content (AvgIpc) is 2.70. The Balaban J connectivity index is 1.97. The number of hydrogen-bond donors (Lipinski definition) is 3. The van der Waals surface area contributed by atoms with Crippen molar-refractivity contribution in [3.05, 3.63) is 69.0 Å². The van der Waals surface area contributed by atoms with Crippen molar-refractivity contribution < 1.29 is 24.5 Å². The molecule has 3 N–H and O–H groups in total. The molecule has 1 aliphatic rings. The van der Waals surface area contributed by atoms with Crippen LogP contribution in [0.4, 0.5) is 0 Å². The zero-order chi connectivity index (χ0) is 20.7. The Morgan fingerprint density at radius 2 is 1.93 bits per heavy atom. The molecule has 4 rings (SSSR count). The van der Waals surface area contributed by atoms with Crippen LogP contribution < -0.4 is 15.6 Å². The highest BCUT2D eigenvalue weighted by atomic mass is 35.5. The fourth-order valence-electron chi connectivity index (χ4n) is 3.46. The monoisotopic (exact) mass is 414 g/mol. The summed E-state index contributed by atoms with van der Waals surface area (Å²) in [4.78, 5) is 36.5. The van der Waals surface area contributed by atoms with Gasteiger partial charge in [-0.3, -0.25) is 19.0 Å². The summed E-state index contributed by atoms with van der Waals surface area (Å²) in [6.45, 7) is -0.547. The van der Waals surface area contributed by atoms with Crippen molar-refractivity contribution in [2.24, 2.45) is 0 Å². The Kier molecular flexibility index (Phi) is 4.63. The van der Waals surface area contributed by atoms with E-state index < -0.39 is 41.3 Å². The fourth-order valence-corrected chi connectivity index (χ4v) is 3.58. The maximum Gasteiger partial charge on any atom is 0.322 e. The van der Waals surface area contributed by atoms with Gasteiger partial charge >= 0.3 is 5.97 Å². The molecule has 148 valence electrons. The predicted molar refractivity (Wildman–Crippen MR) is 105 cm³/mol. The highest BCUT2D eigenvalue weighted by Gasteiger charge is 2.31. The zero-order valence-electron chi connectivity index (χ0n) is 14.9. The molecule has 0 saturated heterocycles. The van der Waals surface area contributed by atoms with Crippen LogP contribution in [0.3, 0.4) is 0 Å². The second kappa shape index (κ2) is 7.14. The van der Waals surface area contributed by atoms with Crippen LogP contribution in [-0.2, 0) is 4.79 Å². The molecule has 9 heteroatoms. The summed E-state index contributed by atoms with van der Waals surface area (Å²) in [5, 5.41) is 22.3. The second-order valence-electron chi connectivity index (χ2n) is 6.51. The lowest BCUT2D eigenvalue weighted by Gasteiger charge is -2.29. The summed E-state index contributed by atoms with van der Waals surface area (Å²) in [6.07, 6.45) is 0. The largest absolute Gasteiger partial charge is 0.506 e. The number of carbonyl (C=O) groups excluding carboxylic acids is 1. The van der Waals surface area contributed by atoms with Crippen molar-refractivity contribution in [2.75, 3.05) is 13.2 Å². The number of halogens is 1. The first-order valence-corrected chi connectivity index (χ1v) is 9.04. The Labute approximate surface area is 168 Å². The topological polar surface area (TPSA) is 118 Å². The number of aromatic hydroxyl groups is 1. The predicted octanol–water partition coefficient (Wildman–Crippen LogP) is 2.16. The van der Waals surface area contributed by atoms with Gasteiger partial charge in [0.25, 0.3) is 11.5 Å². The summed E-state index contributed by atoms with van der Waals surface area (Å²) in [5.74, 6) is -2.36. The number of nitrogens with zero attached hydrogens (tertiary/aromatic N) is 1. The number of carboxylic acids is 1. The highest BCUT2D eigenvalue weighted by Crippen LogP contribution is 2.38. The van der Waals surface area contributed by atoms with E-state index in [1.54, 1.807) is 42.5 Å². The van der Waals surface area contributed by atoms with Crippen LogP contribution >= 0.6 is 11.6 Å². The van der Waals surface area contributed by atoms with E-state index in [0.29, 0.717) is 16.3 Å². The van der Waals surface area contributed by atoms with Gasteiger partial charge in [0.05, 0.1) is 11.6 Å². The van der Waals surface area contributed by atoms with Crippen LogP contribution in [0.2, 0.25) is 5.02 Å². The lowest BCUT2D eigenvalue weighted by atomic mass is 10.0. The molecule has 3 aromatic rings. The number of carboxylic acid groups (broad SMARTS) is 1. The van der Waals surface area contributed by atoms with Gasteiger partial charge in [-0.05, 0) is 29.8 Å². The number of carbonyl (C=O) groups is 2. The molecule has 1 aliphatic heterocycles. The first-order chi connectivity index (χ1) is 13.9. The van der Waals surface area contributed by atoms with Crippen LogP contribution in [0.1, 0.15) is 22.0 Å². The van der Waals surface area contributed by atoms with Gasteiger partial charge < -0.3 is 20.3 Å². The molecule has 2 heterocycles. The van der Waals surface area contributed by atoms with Crippen LogP contribution in [0, 0.1) is 0 Å². The maximum atomic E-state index is 13.3. The molecule has 0 saturated carbocycles. The number of para-hydroxylation sites is 1. The molecule has 1 aromatic heterocycles. The third kappa shape index (κ3) is 3.17. The molecule has 2 aromatic carbocycles. The molecular formula is C20H15ClN2O6. The lowest BCUT2D eigenvalue weighted by Crippen LogP contribution is -2.39. The van der Waals surface area contributed by atoms with Crippen molar-refractivity contribution >= 4 is 34.4 Å². The Morgan fingerprint density at radius 3 is 2.62 bits per heavy atom. The van der Waals surface area contributed by atoms with Crippen LogP contribution in [0.5, 0.6) is 11.5 Å². The quantitative estimate of drug-likeness (QED) is 0.602. The minimum atomic E-state index is -1.27. The van der Waals surface area contributed by atoms with E-state index in [1.165, 1.54) is 4.57 Å². The van der Waals surface area contributed by atoms with Crippen molar-refractivity contribution in [3.63, 3.8) is 0 Å². The Bertz CT molecular complexity index is 1200. The number of amides is 1. The molecule has 0 spiro atoms. The van der Waals surface area contributed by atoms with Crippen LogP contribution in [0.25, 0.3) is 10.9 Å². The Hall–Kier alpha value is -3.52. The summed E-state index contributed by atoms with van der Waals surface area (Å²) >= 11 is 5.96. The van der Waals surface area contributed by atoms with Crippen LogP contribution in [-0.4, -0.2) is 39.8 Å². The number of pyridine rings is 1. The number of benzene rings is 2. The van der Waals surface area contributed by atoms with Crippen molar-refractivity contribution in [1.29, 1.82) is 0 Å². The van der Waals surface area contributed by atoms with E-state index in [1.807, 2.05) is 0 Å². The second-order valence-corrected chi connectivity index (χ2v) is 6.94. The number of hydrogen-bond acceptors (Lipinski definition) is 5. The zero-order valence-corrected chi connectivity index (χ0v) is 15.6. The van der Waals surface area contributed by atoms with Gasteiger partial charge in [-0.15, -0.1) is 0 Å². The maximum absolute atomic E-state index is 13.3. The van der Waals surface area contributed by atoms with Gasteiger partial charge in [0.15, 0.2) is 0 Å². The first kappa shape index (κ1) is 18.8. The van der Waals surface area contributed by atoms with Crippen molar-refractivity contribution in [3.8, 4) is 11.5 Å². The highest BCUT2D eigenvalue weighted by molar-refractivity contribution is 6.30. The number of aromatic nitrogens is 1. The van der Waals surface area contributed by atoms with E-state index in [2.05, 4.69) is 5.32 Å². The van der Waals surface area contributed by atoms with Gasteiger partial charge in [-0.1, -0.05) is 29.8 Å².